The molecule has 1 aliphatic heterocycles. The lowest BCUT2D eigenvalue weighted by atomic mass is 9.99. The van der Waals surface area contributed by atoms with Crippen molar-refractivity contribution in [2.75, 3.05) is 0 Å². The molecule has 1 amide bonds. The normalized spacial score (nSPS) is 17.7. The van der Waals surface area contributed by atoms with Crippen LogP contribution in [0.4, 0.5) is 4.79 Å². The maximum absolute atomic E-state index is 12.2. The number of hydrogen-bond donors (Lipinski definition) is 0. The summed E-state index contributed by atoms with van der Waals surface area (Å²) in [7, 11) is 0. The van der Waals surface area contributed by atoms with Crippen LogP contribution in [0.5, 0.6) is 0 Å². The zero-order valence-corrected chi connectivity index (χ0v) is 12.1. The van der Waals surface area contributed by atoms with Crippen molar-refractivity contribution in [2.45, 2.75) is 32.4 Å². The largest absolute Gasteiger partial charge is 0.444 e. The van der Waals surface area contributed by atoms with Gasteiger partial charge in [0.2, 0.25) is 0 Å². The number of benzene rings is 1. The minimum atomic E-state index is -0.436. The molecule has 0 bridgehead atoms. The van der Waals surface area contributed by atoms with Gasteiger partial charge < -0.3 is 4.74 Å². The monoisotopic (exact) mass is 285 g/mol. The van der Waals surface area contributed by atoms with Crippen LogP contribution in [0.3, 0.4) is 0 Å². The molecular formula is C17H19NO3. The smallest absolute Gasteiger partial charge is 0.414 e. The van der Waals surface area contributed by atoms with E-state index in [2.05, 4.69) is 6.58 Å². The maximum atomic E-state index is 12.2. The van der Waals surface area contributed by atoms with Crippen LogP contribution in [-0.2, 0) is 16.1 Å². The lowest BCUT2D eigenvalue weighted by molar-refractivity contribution is -0.116. The molecule has 0 spiro atoms. The van der Waals surface area contributed by atoms with Crippen LogP contribution in [0.2, 0.25) is 0 Å². The molecule has 0 aliphatic carbocycles. The molecule has 0 N–H and O–H groups in total. The topological polar surface area (TPSA) is 46.6 Å². The Morgan fingerprint density at radius 1 is 1.38 bits per heavy atom. The number of carbonyl (C=O) groups excluding carboxylic acids is 2. The lowest BCUT2D eigenvalue weighted by Gasteiger charge is -2.30. The zero-order valence-electron chi connectivity index (χ0n) is 12.1. The average Bonchev–Trinajstić information content (AvgIpc) is 2.45. The summed E-state index contributed by atoms with van der Waals surface area (Å²) in [5.74, 6) is 0.0216. The Bertz CT molecular complexity index is 563. The summed E-state index contributed by atoms with van der Waals surface area (Å²) in [6.07, 6.45) is 3.39. The minimum Gasteiger partial charge on any atom is -0.444 e. The Morgan fingerprint density at radius 2 is 2.10 bits per heavy atom. The van der Waals surface area contributed by atoms with Crippen molar-refractivity contribution in [1.29, 1.82) is 0 Å². The summed E-state index contributed by atoms with van der Waals surface area (Å²) in [4.78, 5) is 25.2. The standard InChI is InChI=1S/C17H19NO3/c1-13(2)10-15-11-16(19)8-9-18(15)17(20)21-12-14-6-4-3-5-7-14/h3-9,15H,1,10-12H2,2H3. The highest BCUT2D eigenvalue weighted by molar-refractivity contribution is 5.92. The van der Waals surface area contributed by atoms with E-state index < -0.39 is 6.09 Å². The second-order valence-electron chi connectivity index (χ2n) is 5.25. The first-order chi connectivity index (χ1) is 10.1. The quantitative estimate of drug-likeness (QED) is 0.796. The van der Waals surface area contributed by atoms with Gasteiger partial charge in [-0.3, -0.25) is 9.69 Å². The first-order valence-corrected chi connectivity index (χ1v) is 6.90. The van der Waals surface area contributed by atoms with Crippen LogP contribution in [0.15, 0.2) is 54.8 Å². The number of amides is 1. The van der Waals surface area contributed by atoms with Gasteiger partial charge >= 0.3 is 6.09 Å². The Morgan fingerprint density at radius 3 is 2.76 bits per heavy atom. The molecule has 110 valence electrons. The molecule has 0 saturated heterocycles. The van der Waals surface area contributed by atoms with Crippen LogP contribution in [-0.4, -0.2) is 22.8 Å². The molecule has 4 heteroatoms. The zero-order chi connectivity index (χ0) is 15.2. The Hall–Kier alpha value is -2.36. The van der Waals surface area contributed by atoms with Crippen LogP contribution >= 0.6 is 0 Å². The van der Waals surface area contributed by atoms with E-state index in [1.165, 1.54) is 17.2 Å². The first kappa shape index (κ1) is 15.0. The molecule has 0 radical (unpaired) electrons. The summed E-state index contributed by atoms with van der Waals surface area (Å²) in [6.45, 7) is 5.95. The molecule has 21 heavy (non-hydrogen) atoms. The molecule has 0 saturated carbocycles. The van der Waals surface area contributed by atoms with Crippen molar-refractivity contribution in [3.63, 3.8) is 0 Å². The van der Waals surface area contributed by atoms with E-state index in [1.54, 1.807) is 0 Å². The second kappa shape index (κ2) is 6.88. The van der Waals surface area contributed by atoms with Gasteiger partial charge in [0.15, 0.2) is 5.78 Å². The minimum absolute atomic E-state index is 0.0216. The van der Waals surface area contributed by atoms with Crippen LogP contribution < -0.4 is 0 Å². The Balaban J connectivity index is 2.00. The molecule has 1 atom stereocenters. The van der Waals surface area contributed by atoms with Crippen molar-refractivity contribution >= 4 is 11.9 Å². The fourth-order valence-electron chi connectivity index (χ4n) is 2.26. The number of hydrogen-bond acceptors (Lipinski definition) is 3. The molecule has 0 aromatic heterocycles. The van der Waals surface area contributed by atoms with Crippen LogP contribution in [0.1, 0.15) is 25.3 Å². The fourth-order valence-corrected chi connectivity index (χ4v) is 2.26. The highest BCUT2D eigenvalue weighted by Gasteiger charge is 2.28. The third kappa shape index (κ3) is 4.31. The van der Waals surface area contributed by atoms with Gasteiger partial charge in [-0.2, -0.15) is 0 Å². The van der Waals surface area contributed by atoms with Gasteiger partial charge in [-0.25, -0.2) is 4.79 Å². The first-order valence-electron chi connectivity index (χ1n) is 6.90. The number of carbonyl (C=O) groups is 2. The molecule has 1 aliphatic rings. The van der Waals surface area contributed by atoms with Gasteiger partial charge in [0, 0.05) is 12.6 Å². The number of ketones is 1. The van der Waals surface area contributed by atoms with Gasteiger partial charge in [0.25, 0.3) is 0 Å². The third-order valence-electron chi connectivity index (χ3n) is 3.25. The average molecular weight is 285 g/mol. The van der Waals surface area contributed by atoms with E-state index in [9.17, 15) is 9.59 Å². The van der Waals surface area contributed by atoms with E-state index in [-0.39, 0.29) is 18.4 Å². The fraction of sp³-hybridized carbons (Fsp3) is 0.294. The van der Waals surface area contributed by atoms with Crippen LogP contribution in [0, 0.1) is 0 Å². The summed E-state index contributed by atoms with van der Waals surface area (Å²) < 4.78 is 5.31. The number of allylic oxidation sites excluding steroid dienone is 1. The SMILES string of the molecule is C=C(C)CC1CC(=O)C=CN1C(=O)OCc1ccccc1. The van der Waals surface area contributed by atoms with Crippen LogP contribution in [0.25, 0.3) is 0 Å². The van der Waals surface area contributed by atoms with Gasteiger partial charge in [-0.05, 0) is 25.0 Å². The number of nitrogens with zero attached hydrogens (tertiary/aromatic N) is 1. The number of ether oxygens (including phenoxy) is 1. The van der Waals surface area contributed by atoms with Crippen molar-refractivity contribution in [1.82, 2.24) is 4.90 Å². The molecule has 2 rings (SSSR count). The maximum Gasteiger partial charge on any atom is 0.414 e. The summed E-state index contributed by atoms with van der Waals surface area (Å²) in [6, 6.07) is 9.29. The van der Waals surface area contributed by atoms with E-state index in [1.807, 2.05) is 37.3 Å². The second-order valence-corrected chi connectivity index (χ2v) is 5.25. The molecule has 1 aromatic rings. The predicted octanol–water partition coefficient (Wildman–Crippen LogP) is 3.45. The molecular weight excluding hydrogens is 266 g/mol. The van der Waals surface area contributed by atoms with E-state index in [4.69, 9.17) is 4.74 Å². The summed E-state index contributed by atoms with van der Waals surface area (Å²) in [5, 5.41) is 0. The van der Waals surface area contributed by atoms with Crippen molar-refractivity contribution in [3.8, 4) is 0 Å². The summed E-state index contributed by atoms with van der Waals surface area (Å²) >= 11 is 0. The van der Waals surface area contributed by atoms with Gasteiger partial charge in [-0.1, -0.05) is 35.9 Å². The molecule has 1 unspecified atom stereocenters. The lowest BCUT2D eigenvalue weighted by Crippen LogP contribution is -2.40. The predicted molar refractivity (Wildman–Crippen MR) is 80.4 cm³/mol. The van der Waals surface area contributed by atoms with Crippen molar-refractivity contribution in [3.05, 3.63) is 60.3 Å². The van der Waals surface area contributed by atoms with Gasteiger partial charge in [0.05, 0.1) is 6.04 Å². The summed E-state index contributed by atoms with van der Waals surface area (Å²) in [5.41, 5.74) is 1.86. The van der Waals surface area contributed by atoms with Gasteiger partial charge in [-0.15, -0.1) is 6.58 Å². The number of rotatable bonds is 4. The van der Waals surface area contributed by atoms with E-state index >= 15 is 0 Å². The van der Waals surface area contributed by atoms with Gasteiger partial charge in [0.1, 0.15) is 6.61 Å². The molecule has 1 heterocycles. The van der Waals surface area contributed by atoms with E-state index in [0.717, 1.165) is 11.1 Å². The van der Waals surface area contributed by atoms with Crippen molar-refractivity contribution in [2.24, 2.45) is 0 Å². The highest BCUT2D eigenvalue weighted by atomic mass is 16.6. The molecule has 0 fully saturated rings. The molecule has 4 nitrogen and oxygen atoms in total. The Labute approximate surface area is 124 Å². The Kier molecular flexibility index (Phi) is 4.93. The molecule has 1 aromatic carbocycles. The van der Waals surface area contributed by atoms with E-state index in [0.29, 0.717) is 12.8 Å². The van der Waals surface area contributed by atoms with Crippen molar-refractivity contribution < 1.29 is 14.3 Å². The third-order valence-corrected chi connectivity index (χ3v) is 3.25. The highest BCUT2D eigenvalue weighted by Crippen LogP contribution is 2.20.